The molecule has 3 rings (SSSR count). The monoisotopic (exact) mass is 356 g/mol. The summed E-state index contributed by atoms with van der Waals surface area (Å²) in [5.41, 5.74) is 0. The van der Waals surface area contributed by atoms with Crippen LogP contribution in [0, 0.1) is 11.8 Å². The van der Waals surface area contributed by atoms with Crippen LogP contribution in [0.4, 0.5) is 0 Å². The quantitative estimate of drug-likeness (QED) is 0.564. The average molecular weight is 357 g/mol. The fraction of sp³-hybridized carbons (Fsp3) is 0.941. The molecule has 1 aliphatic carbocycles. The number of nitrogens with zero attached hydrogens (tertiary/aromatic N) is 2. The van der Waals surface area contributed by atoms with E-state index in [1.165, 1.54) is 38.8 Å². The van der Waals surface area contributed by atoms with Crippen LogP contribution in [-0.4, -0.2) is 70.1 Å². The van der Waals surface area contributed by atoms with Crippen LogP contribution in [0.3, 0.4) is 0 Å². The van der Waals surface area contributed by atoms with Crippen LogP contribution >= 0.6 is 0 Å². The van der Waals surface area contributed by atoms with Crippen LogP contribution in [0.5, 0.6) is 0 Å². The maximum absolute atomic E-state index is 11.5. The van der Waals surface area contributed by atoms with Gasteiger partial charge in [0, 0.05) is 39.3 Å². The molecule has 2 atom stereocenters. The molecule has 2 unspecified atom stereocenters. The number of aliphatic imine (C=N–C) groups is 1. The van der Waals surface area contributed by atoms with E-state index < -0.39 is 9.84 Å². The molecular weight excluding hydrogens is 324 g/mol. The van der Waals surface area contributed by atoms with Crippen molar-refractivity contribution >= 4 is 15.8 Å². The van der Waals surface area contributed by atoms with E-state index in [4.69, 9.17) is 0 Å². The van der Waals surface area contributed by atoms with E-state index in [1.807, 2.05) is 0 Å². The Labute approximate surface area is 146 Å². The molecule has 0 aromatic heterocycles. The summed E-state index contributed by atoms with van der Waals surface area (Å²) in [6.07, 6.45) is 7.56. The van der Waals surface area contributed by atoms with Crippen LogP contribution in [-0.2, 0) is 9.84 Å². The lowest BCUT2D eigenvalue weighted by atomic mass is 10.1. The van der Waals surface area contributed by atoms with E-state index in [1.54, 1.807) is 7.05 Å². The lowest BCUT2D eigenvalue weighted by Crippen LogP contribution is -2.46. The fourth-order valence-corrected chi connectivity index (χ4v) is 6.20. The van der Waals surface area contributed by atoms with Crippen molar-refractivity contribution in [2.75, 3.05) is 44.7 Å². The van der Waals surface area contributed by atoms with Gasteiger partial charge >= 0.3 is 0 Å². The smallest absolute Gasteiger partial charge is 0.191 e. The molecule has 0 radical (unpaired) electrons. The summed E-state index contributed by atoms with van der Waals surface area (Å²) in [6.45, 7) is 4.21. The average Bonchev–Trinajstić information content (AvgIpc) is 3.26. The second kappa shape index (κ2) is 8.04. The molecule has 6 nitrogen and oxygen atoms in total. The molecule has 3 fully saturated rings. The Morgan fingerprint density at radius 3 is 2.62 bits per heavy atom. The number of rotatable bonds is 5. The van der Waals surface area contributed by atoms with Gasteiger partial charge in [-0.1, -0.05) is 12.8 Å². The first-order valence-electron chi connectivity index (χ1n) is 9.44. The number of likely N-dealkylation sites (tertiary alicyclic amines) is 1. The van der Waals surface area contributed by atoms with Crippen LogP contribution in [0.15, 0.2) is 4.99 Å². The number of hydrogen-bond donors (Lipinski definition) is 2. The summed E-state index contributed by atoms with van der Waals surface area (Å²) in [4.78, 5) is 6.89. The van der Waals surface area contributed by atoms with Crippen LogP contribution in [0.2, 0.25) is 0 Å². The van der Waals surface area contributed by atoms with Crippen molar-refractivity contribution in [2.45, 2.75) is 44.6 Å². The van der Waals surface area contributed by atoms with Gasteiger partial charge in [0.25, 0.3) is 0 Å². The normalized spacial score (nSPS) is 31.6. The van der Waals surface area contributed by atoms with Gasteiger partial charge in [-0.3, -0.25) is 4.99 Å². The number of sulfone groups is 1. The van der Waals surface area contributed by atoms with E-state index in [9.17, 15) is 8.42 Å². The predicted octanol–water partition coefficient (Wildman–Crippen LogP) is 0.851. The van der Waals surface area contributed by atoms with Gasteiger partial charge in [-0.2, -0.15) is 0 Å². The maximum atomic E-state index is 11.5. The number of guanidine groups is 1. The van der Waals surface area contributed by atoms with Crippen LogP contribution in [0.1, 0.15) is 38.5 Å². The molecule has 7 heteroatoms. The SMILES string of the molecule is CN=C(NCC1CCS(=O)(=O)C1)NC1CCN(CC2CCCC2)C1. The van der Waals surface area contributed by atoms with Crippen molar-refractivity contribution in [3.05, 3.63) is 0 Å². The summed E-state index contributed by atoms with van der Waals surface area (Å²) in [5.74, 6) is 2.59. The molecule has 2 heterocycles. The summed E-state index contributed by atoms with van der Waals surface area (Å²) in [7, 11) is -1.01. The van der Waals surface area contributed by atoms with Gasteiger partial charge in [0.1, 0.15) is 0 Å². The fourth-order valence-electron chi connectivity index (χ4n) is 4.34. The van der Waals surface area contributed by atoms with Crippen LogP contribution in [0.25, 0.3) is 0 Å². The van der Waals surface area contributed by atoms with Gasteiger partial charge in [-0.25, -0.2) is 8.42 Å². The molecule has 3 aliphatic rings. The molecule has 0 amide bonds. The Morgan fingerprint density at radius 1 is 1.17 bits per heavy atom. The van der Waals surface area contributed by atoms with Gasteiger partial charge < -0.3 is 15.5 Å². The Hall–Kier alpha value is -0.820. The van der Waals surface area contributed by atoms with E-state index in [-0.39, 0.29) is 5.92 Å². The summed E-state index contributed by atoms with van der Waals surface area (Å²) in [5, 5.41) is 6.83. The Kier molecular flexibility index (Phi) is 6.02. The zero-order valence-corrected chi connectivity index (χ0v) is 15.7. The molecule has 24 heavy (non-hydrogen) atoms. The minimum absolute atomic E-state index is 0.219. The molecule has 0 spiro atoms. The third-order valence-corrected chi connectivity index (χ3v) is 7.55. The standard InChI is InChI=1S/C17H32N4O2S/c1-18-17(19-10-15-7-9-24(22,23)13-15)20-16-6-8-21(12-16)11-14-4-2-3-5-14/h14-16H,2-13H2,1H3,(H2,18,19,20). The minimum Gasteiger partial charge on any atom is -0.356 e. The molecule has 2 saturated heterocycles. The lowest BCUT2D eigenvalue weighted by molar-refractivity contribution is 0.275. The largest absolute Gasteiger partial charge is 0.356 e. The highest BCUT2D eigenvalue weighted by molar-refractivity contribution is 7.91. The zero-order valence-electron chi connectivity index (χ0n) is 14.8. The molecular formula is C17H32N4O2S. The van der Waals surface area contributed by atoms with Gasteiger partial charge in [-0.15, -0.1) is 0 Å². The van der Waals surface area contributed by atoms with Crippen LogP contribution < -0.4 is 10.6 Å². The van der Waals surface area contributed by atoms with Crippen molar-refractivity contribution in [1.29, 1.82) is 0 Å². The minimum atomic E-state index is -2.80. The zero-order chi connectivity index (χ0) is 17.0. The molecule has 138 valence electrons. The lowest BCUT2D eigenvalue weighted by Gasteiger charge is -2.21. The molecule has 2 N–H and O–H groups in total. The Bertz CT molecular complexity index is 543. The number of hydrogen-bond acceptors (Lipinski definition) is 4. The number of nitrogens with one attached hydrogen (secondary N) is 2. The Morgan fingerprint density at radius 2 is 1.96 bits per heavy atom. The third-order valence-electron chi connectivity index (χ3n) is 5.71. The van der Waals surface area contributed by atoms with E-state index in [0.717, 1.165) is 31.3 Å². The van der Waals surface area contributed by atoms with Crippen molar-refractivity contribution in [1.82, 2.24) is 15.5 Å². The van der Waals surface area contributed by atoms with Gasteiger partial charge in [0.15, 0.2) is 15.8 Å². The van der Waals surface area contributed by atoms with E-state index in [0.29, 0.717) is 24.1 Å². The highest BCUT2D eigenvalue weighted by Crippen LogP contribution is 2.26. The molecule has 0 aromatic rings. The molecule has 0 aromatic carbocycles. The van der Waals surface area contributed by atoms with Crippen molar-refractivity contribution in [3.63, 3.8) is 0 Å². The van der Waals surface area contributed by atoms with Gasteiger partial charge in [0.05, 0.1) is 11.5 Å². The van der Waals surface area contributed by atoms with E-state index in [2.05, 4.69) is 20.5 Å². The van der Waals surface area contributed by atoms with Gasteiger partial charge in [-0.05, 0) is 37.5 Å². The molecule has 2 aliphatic heterocycles. The first kappa shape index (κ1) is 18.0. The van der Waals surface area contributed by atoms with Crippen molar-refractivity contribution in [2.24, 2.45) is 16.8 Å². The highest BCUT2D eigenvalue weighted by Gasteiger charge is 2.29. The predicted molar refractivity (Wildman–Crippen MR) is 98.1 cm³/mol. The Balaban J connectivity index is 1.38. The highest BCUT2D eigenvalue weighted by atomic mass is 32.2. The second-order valence-corrected chi connectivity index (χ2v) is 9.99. The summed E-state index contributed by atoms with van der Waals surface area (Å²) >= 11 is 0. The molecule has 1 saturated carbocycles. The summed E-state index contributed by atoms with van der Waals surface area (Å²) in [6, 6.07) is 0.449. The third kappa shape index (κ3) is 5.09. The van der Waals surface area contributed by atoms with E-state index >= 15 is 0 Å². The van der Waals surface area contributed by atoms with Crippen molar-refractivity contribution < 1.29 is 8.42 Å². The topological polar surface area (TPSA) is 73.8 Å². The summed E-state index contributed by atoms with van der Waals surface area (Å²) < 4.78 is 23.1. The first-order chi connectivity index (χ1) is 11.5. The molecule has 0 bridgehead atoms. The van der Waals surface area contributed by atoms with Crippen molar-refractivity contribution in [3.8, 4) is 0 Å². The van der Waals surface area contributed by atoms with Gasteiger partial charge in [0.2, 0.25) is 0 Å². The first-order valence-corrected chi connectivity index (χ1v) is 11.3. The maximum Gasteiger partial charge on any atom is 0.191 e. The second-order valence-electron chi connectivity index (χ2n) is 7.76.